The van der Waals surface area contributed by atoms with Gasteiger partial charge in [-0.2, -0.15) is 0 Å². The van der Waals surface area contributed by atoms with Gasteiger partial charge < -0.3 is 15.4 Å². The lowest BCUT2D eigenvalue weighted by Gasteiger charge is -2.02. The van der Waals surface area contributed by atoms with E-state index >= 15 is 0 Å². The Balaban J connectivity index is 2.39. The zero-order chi connectivity index (χ0) is 10.8. The van der Waals surface area contributed by atoms with Crippen LogP contribution in [0, 0.1) is 0 Å². The van der Waals surface area contributed by atoms with Gasteiger partial charge in [-0.1, -0.05) is 0 Å². The van der Waals surface area contributed by atoms with E-state index in [0.29, 0.717) is 23.5 Å². The van der Waals surface area contributed by atoms with E-state index < -0.39 is 5.97 Å². The quantitative estimate of drug-likeness (QED) is 0.726. The van der Waals surface area contributed by atoms with Crippen LogP contribution in [0.2, 0.25) is 0 Å². The van der Waals surface area contributed by atoms with Crippen LogP contribution in [0.1, 0.15) is 6.42 Å². The molecule has 7 heteroatoms. The van der Waals surface area contributed by atoms with Gasteiger partial charge in [0.15, 0.2) is 11.5 Å². The fourth-order valence-corrected chi connectivity index (χ4v) is 1.32. The summed E-state index contributed by atoms with van der Waals surface area (Å²) in [6.45, 7) is 0.309. The second-order valence-electron chi connectivity index (χ2n) is 3.01. The summed E-state index contributed by atoms with van der Waals surface area (Å²) in [6.07, 6.45) is 2.85. The van der Waals surface area contributed by atoms with Crippen molar-refractivity contribution in [3.63, 3.8) is 0 Å². The van der Waals surface area contributed by atoms with Gasteiger partial charge in [-0.25, -0.2) is 15.0 Å². The van der Waals surface area contributed by atoms with E-state index in [4.69, 9.17) is 10.8 Å². The lowest BCUT2D eigenvalue weighted by molar-refractivity contribution is -0.137. The number of nitrogen functional groups attached to an aromatic ring is 1. The highest BCUT2D eigenvalue weighted by Gasteiger charge is 2.08. The molecule has 0 radical (unpaired) electrons. The van der Waals surface area contributed by atoms with Crippen molar-refractivity contribution in [3.05, 3.63) is 12.7 Å². The minimum atomic E-state index is -0.868. The second kappa shape index (κ2) is 3.52. The molecule has 7 nitrogen and oxygen atoms in total. The first kappa shape index (κ1) is 9.38. The van der Waals surface area contributed by atoms with Crippen LogP contribution in [0.25, 0.3) is 11.2 Å². The molecule has 0 aliphatic heterocycles. The normalized spacial score (nSPS) is 10.7. The van der Waals surface area contributed by atoms with Crippen LogP contribution in [0.15, 0.2) is 12.7 Å². The van der Waals surface area contributed by atoms with Crippen molar-refractivity contribution < 1.29 is 9.90 Å². The summed E-state index contributed by atoms with van der Waals surface area (Å²) in [7, 11) is 0. The number of carboxylic acid groups (broad SMARTS) is 1. The number of fused-ring (bicyclic) bond motifs is 1. The maximum Gasteiger partial charge on any atom is 0.305 e. The molecular weight excluding hydrogens is 198 g/mol. The highest BCUT2D eigenvalue weighted by atomic mass is 16.4. The summed E-state index contributed by atoms with van der Waals surface area (Å²) in [4.78, 5) is 22.2. The molecule has 2 heterocycles. The van der Waals surface area contributed by atoms with Gasteiger partial charge in [0.2, 0.25) is 0 Å². The molecule has 3 N–H and O–H groups in total. The van der Waals surface area contributed by atoms with E-state index in [2.05, 4.69) is 15.0 Å². The van der Waals surface area contributed by atoms with E-state index in [1.807, 2.05) is 0 Å². The van der Waals surface area contributed by atoms with Crippen molar-refractivity contribution in [2.45, 2.75) is 13.0 Å². The number of rotatable bonds is 3. The van der Waals surface area contributed by atoms with Gasteiger partial charge in [0.25, 0.3) is 0 Å². The first-order valence-electron chi connectivity index (χ1n) is 4.31. The summed E-state index contributed by atoms with van der Waals surface area (Å²) < 4.78 is 1.64. The molecule has 78 valence electrons. The van der Waals surface area contributed by atoms with Crippen LogP contribution in [0.4, 0.5) is 5.82 Å². The van der Waals surface area contributed by atoms with Gasteiger partial charge in [0.05, 0.1) is 12.7 Å². The lowest BCUT2D eigenvalue weighted by Crippen LogP contribution is -2.05. The third-order valence-corrected chi connectivity index (χ3v) is 2.00. The predicted molar refractivity (Wildman–Crippen MR) is 52.0 cm³/mol. The fourth-order valence-electron chi connectivity index (χ4n) is 1.32. The fraction of sp³-hybridized carbons (Fsp3) is 0.250. The number of aliphatic carboxylic acids is 1. The van der Waals surface area contributed by atoms with Crippen molar-refractivity contribution in [3.8, 4) is 0 Å². The van der Waals surface area contributed by atoms with Gasteiger partial charge in [-0.3, -0.25) is 4.79 Å². The number of imidazole rings is 1. The molecule has 15 heavy (non-hydrogen) atoms. The molecule has 0 saturated heterocycles. The van der Waals surface area contributed by atoms with E-state index in [-0.39, 0.29) is 6.42 Å². The van der Waals surface area contributed by atoms with Gasteiger partial charge >= 0.3 is 5.97 Å². The van der Waals surface area contributed by atoms with E-state index in [1.54, 1.807) is 4.57 Å². The molecule has 0 atom stereocenters. The maximum atomic E-state index is 10.4. The van der Waals surface area contributed by atoms with Gasteiger partial charge in [0.1, 0.15) is 11.8 Å². The molecule has 0 aromatic carbocycles. The SMILES string of the molecule is Nc1ncnc2ncn(CCC(=O)O)c12. The molecule has 0 spiro atoms. The summed E-state index contributed by atoms with van der Waals surface area (Å²) in [5.41, 5.74) is 6.71. The smallest absolute Gasteiger partial charge is 0.305 e. The Labute approximate surface area is 84.6 Å². The van der Waals surface area contributed by atoms with Crippen molar-refractivity contribution in [2.24, 2.45) is 0 Å². The number of aromatic nitrogens is 4. The highest BCUT2D eigenvalue weighted by molar-refractivity contribution is 5.81. The van der Waals surface area contributed by atoms with Crippen LogP contribution < -0.4 is 5.73 Å². The molecule has 0 aliphatic rings. The Hall–Kier alpha value is -2.18. The number of aryl methyl sites for hydroxylation is 1. The van der Waals surface area contributed by atoms with Crippen LogP contribution >= 0.6 is 0 Å². The molecule has 0 unspecified atom stereocenters. The van der Waals surface area contributed by atoms with Crippen LogP contribution in [0.5, 0.6) is 0 Å². The van der Waals surface area contributed by atoms with E-state index in [0.717, 1.165) is 0 Å². The monoisotopic (exact) mass is 207 g/mol. The molecule has 2 rings (SSSR count). The first-order valence-corrected chi connectivity index (χ1v) is 4.31. The minimum Gasteiger partial charge on any atom is -0.481 e. The summed E-state index contributed by atoms with van der Waals surface area (Å²) in [5, 5.41) is 8.56. The molecule has 0 amide bonds. The molecular formula is C8H9N5O2. The molecule has 2 aromatic rings. The third-order valence-electron chi connectivity index (χ3n) is 2.00. The van der Waals surface area contributed by atoms with Crippen molar-refractivity contribution in [1.29, 1.82) is 0 Å². The number of carbonyl (C=O) groups is 1. The average molecular weight is 207 g/mol. The molecule has 0 bridgehead atoms. The molecule has 0 fully saturated rings. The van der Waals surface area contributed by atoms with Crippen molar-refractivity contribution in [2.75, 3.05) is 5.73 Å². The first-order chi connectivity index (χ1) is 7.18. The number of anilines is 1. The Kier molecular flexibility index (Phi) is 2.20. The largest absolute Gasteiger partial charge is 0.481 e. The Morgan fingerprint density at radius 3 is 3.00 bits per heavy atom. The number of nitrogens with two attached hydrogens (primary N) is 1. The molecule has 2 aromatic heterocycles. The van der Waals surface area contributed by atoms with Crippen LogP contribution in [-0.4, -0.2) is 30.6 Å². The predicted octanol–water partition coefficient (Wildman–Crippen LogP) is -0.117. The van der Waals surface area contributed by atoms with Gasteiger partial charge in [-0.15, -0.1) is 0 Å². The standard InChI is InChI=1S/C8H9N5O2/c9-7-6-8(11-3-10-7)12-4-13(6)2-1-5(14)15/h3-4H,1-2H2,(H,14,15)(H2,9,10,11). The van der Waals surface area contributed by atoms with Crippen LogP contribution in [-0.2, 0) is 11.3 Å². The number of nitrogens with zero attached hydrogens (tertiary/aromatic N) is 4. The lowest BCUT2D eigenvalue weighted by atomic mass is 10.4. The van der Waals surface area contributed by atoms with Crippen molar-refractivity contribution >= 4 is 23.0 Å². The number of hydrogen-bond acceptors (Lipinski definition) is 5. The van der Waals surface area contributed by atoms with E-state index in [9.17, 15) is 4.79 Å². The average Bonchev–Trinajstić information content (AvgIpc) is 2.59. The highest BCUT2D eigenvalue weighted by Crippen LogP contribution is 2.15. The summed E-state index contributed by atoms with van der Waals surface area (Å²) >= 11 is 0. The summed E-state index contributed by atoms with van der Waals surface area (Å²) in [6, 6.07) is 0. The summed E-state index contributed by atoms with van der Waals surface area (Å²) in [5.74, 6) is -0.560. The second-order valence-corrected chi connectivity index (χ2v) is 3.01. The van der Waals surface area contributed by atoms with Gasteiger partial charge in [0, 0.05) is 6.54 Å². The van der Waals surface area contributed by atoms with Crippen LogP contribution in [0.3, 0.4) is 0 Å². The van der Waals surface area contributed by atoms with Gasteiger partial charge in [-0.05, 0) is 0 Å². The molecule has 0 aliphatic carbocycles. The minimum absolute atomic E-state index is 0.0137. The number of hydrogen-bond donors (Lipinski definition) is 2. The molecule has 0 saturated carbocycles. The maximum absolute atomic E-state index is 10.4. The Morgan fingerprint density at radius 1 is 1.47 bits per heavy atom. The zero-order valence-corrected chi connectivity index (χ0v) is 7.79. The van der Waals surface area contributed by atoms with E-state index in [1.165, 1.54) is 12.7 Å². The third kappa shape index (κ3) is 1.71. The zero-order valence-electron chi connectivity index (χ0n) is 7.79. The Morgan fingerprint density at radius 2 is 2.27 bits per heavy atom. The Bertz CT molecular complexity index is 507. The number of carboxylic acids is 1. The topological polar surface area (TPSA) is 107 Å². The van der Waals surface area contributed by atoms with Crippen molar-refractivity contribution in [1.82, 2.24) is 19.5 Å².